The van der Waals surface area contributed by atoms with Gasteiger partial charge in [-0.3, -0.25) is 24.2 Å². The summed E-state index contributed by atoms with van der Waals surface area (Å²) >= 11 is 0. The van der Waals surface area contributed by atoms with Gasteiger partial charge in [-0.05, 0) is 69.8 Å². The fourth-order valence-corrected chi connectivity index (χ4v) is 6.51. The average molecular weight is 808 g/mol. The van der Waals surface area contributed by atoms with Gasteiger partial charge in [-0.15, -0.1) is 0 Å². The summed E-state index contributed by atoms with van der Waals surface area (Å²) in [5.41, 5.74) is 2.90. The number of benzene rings is 4. The van der Waals surface area contributed by atoms with Crippen LogP contribution in [0.4, 0.5) is 13.2 Å². The van der Waals surface area contributed by atoms with Crippen LogP contribution in [0.15, 0.2) is 128 Å². The Hall–Kier alpha value is -7.03. The van der Waals surface area contributed by atoms with Crippen LogP contribution in [-0.4, -0.2) is 70.5 Å². The number of carbonyl (C=O) groups excluding carboxylic acids is 4. The molecule has 304 valence electrons. The minimum Gasteiger partial charge on any atom is -0.484 e. The van der Waals surface area contributed by atoms with Crippen LogP contribution in [0.25, 0.3) is 11.1 Å². The molecule has 0 fully saturated rings. The van der Waals surface area contributed by atoms with Crippen molar-refractivity contribution in [3.05, 3.63) is 155 Å². The number of aliphatic carboxylic acids is 1. The van der Waals surface area contributed by atoms with E-state index in [4.69, 9.17) is 4.74 Å². The molecule has 0 aliphatic carbocycles. The van der Waals surface area contributed by atoms with Gasteiger partial charge in [0.1, 0.15) is 29.9 Å². The molecule has 0 spiro atoms. The van der Waals surface area contributed by atoms with Crippen molar-refractivity contribution < 1.29 is 47.0 Å². The summed E-state index contributed by atoms with van der Waals surface area (Å²) in [4.78, 5) is 72.1. The molecule has 2 aliphatic heterocycles. The summed E-state index contributed by atoms with van der Waals surface area (Å²) in [6, 6.07) is 24.7. The van der Waals surface area contributed by atoms with Crippen LogP contribution in [0.2, 0.25) is 0 Å². The van der Waals surface area contributed by atoms with Crippen molar-refractivity contribution in [3.8, 4) is 16.9 Å². The number of nitrogens with one attached hydrogen (secondary N) is 4. The van der Waals surface area contributed by atoms with Gasteiger partial charge in [0.15, 0.2) is 6.61 Å². The van der Waals surface area contributed by atoms with Crippen molar-refractivity contribution in [2.75, 3.05) is 6.61 Å². The monoisotopic (exact) mass is 807 g/mol. The molecular weight excluding hydrogens is 768 g/mol. The number of pyridine rings is 1. The Labute approximate surface area is 337 Å². The first-order valence-corrected chi connectivity index (χ1v) is 18.6. The molecule has 0 unspecified atom stereocenters. The normalized spacial score (nSPS) is 19.4. The number of ether oxygens (including phenoxy) is 1. The number of nitrogens with zero attached hydrogens (tertiary/aromatic N) is 1. The van der Waals surface area contributed by atoms with Crippen LogP contribution in [0.3, 0.4) is 0 Å². The summed E-state index contributed by atoms with van der Waals surface area (Å²) in [6.07, 6.45) is -2.18. The number of aromatic nitrogens is 1. The highest BCUT2D eigenvalue weighted by Crippen LogP contribution is 2.29. The fourth-order valence-electron chi connectivity index (χ4n) is 6.51. The maximum Gasteiger partial charge on any atom is 0.416 e. The Kier molecular flexibility index (Phi) is 13.4. The van der Waals surface area contributed by atoms with Crippen LogP contribution in [-0.2, 0) is 55.8 Å². The van der Waals surface area contributed by atoms with E-state index >= 15 is 0 Å². The van der Waals surface area contributed by atoms with E-state index < -0.39 is 72.1 Å². The molecule has 3 heterocycles. The lowest BCUT2D eigenvalue weighted by atomic mass is 9.98. The molecule has 2 aliphatic rings. The number of carboxylic acids is 1. The maximum atomic E-state index is 14.4. The number of hydrogen-bond acceptors (Lipinski definition) is 7. The second-order valence-electron chi connectivity index (χ2n) is 14.0. The summed E-state index contributed by atoms with van der Waals surface area (Å²) in [6.45, 7) is -0.476. The first-order valence-electron chi connectivity index (χ1n) is 18.6. The van der Waals surface area contributed by atoms with Gasteiger partial charge in [0.25, 0.3) is 5.91 Å². The standard InChI is InChI=1S/C44H40F3N5O7/c45-44(46,47)33-14-8-28(9-15-33)23-37-42(56)52-38(43(57)58)25-29-10-16-34(17-11-29)59-26-39(53)49-35(24-30-18-20-48-21-19-30)40(54)50-36(41(55)51-37)22-27-6-12-32(13-7-27)31-4-2-1-3-5-31/h1-21,35-38H,22-26H2,(H,49,53)(H,50,54)(H,51,55)(H,52,56)(H,57,58)/t35-,36+,37-,38-/m0/s1. The van der Waals surface area contributed by atoms with Crippen LogP contribution in [0.5, 0.6) is 5.75 Å². The minimum atomic E-state index is -4.62. The third-order valence-electron chi connectivity index (χ3n) is 9.68. The zero-order valence-electron chi connectivity index (χ0n) is 31.4. The first-order chi connectivity index (χ1) is 28.3. The topological polar surface area (TPSA) is 176 Å². The second-order valence-corrected chi connectivity index (χ2v) is 14.0. The Bertz CT molecular complexity index is 2240. The predicted octanol–water partition coefficient (Wildman–Crippen LogP) is 4.45. The fraction of sp³-hybridized carbons (Fsp3) is 0.227. The van der Waals surface area contributed by atoms with E-state index in [1.54, 1.807) is 36.4 Å². The molecule has 4 amide bonds. The van der Waals surface area contributed by atoms with E-state index in [0.29, 0.717) is 16.7 Å². The third kappa shape index (κ3) is 11.8. The van der Waals surface area contributed by atoms with Gasteiger partial charge in [-0.25, -0.2) is 4.79 Å². The van der Waals surface area contributed by atoms with Crippen molar-refractivity contribution in [3.63, 3.8) is 0 Å². The molecule has 7 rings (SSSR count). The van der Waals surface area contributed by atoms with Gasteiger partial charge < -0.3 is 31.1 Å². The Morgan fingerprint density at radius 3 is 1.66 bits per heavy atom. The van der Waals surface area contributed by atoms with E-state index in [1.165, 1.54) is 24.5 Å². The highest BCUT2D eigenvalue weighted by molar-refractivity contribution is 5.95. The molecule has 12 nitrogen and oxygen atoms in total. The Balaban J connectivity index is 1.36. The summed E-state index contributed by atoms with van der Waals surface area (Å²) < 4.78 is 45.8. The van der Waals surface area contributed by atoms with Crippen molar-refractivity contribution >= 4 is 29.6 Å². The lowest BCUT2D eigenvalue weighted by Gasteiger charge is -2.26. The lowest BCUT2D eigenvalue weighted by Crippen LogP contribution is -2.59. The summed E-state index contributed by atoms with van der Waals surface area (Å²) in [7, 11) is 0. The largest absolute Gasteiger partial charge is 0.484 e. The van der Waals surface area contributed by atoms with Gasteiger partial charge >= 0.3 is 12.1 Å². The smallest absolute Gasteiger partial charge is 0.416 e. The van der Waals surface area contributed by atoms with Crippen molar-refractivity contribution in [2.45, 2.75) is 56.0 Å². The third-order valence-corrected chi connectivity index (χ3v) is 9.68. The average Bonchev–Trinajstić information content (AvgIpc) is 3.23. The SMILES string of the molecule is O=C1COc2ccc(cc2)C[C@@H](C(=O)O)NC(=O)[C@H](Cc2ccc(C(F)(F)F)cc2)NC(=O)[C@@H](Cc2ccc(-c3ccccc3)cc2)NC(=O)[C@H](Cc2ccncc2)N1. The second kappa shape index (κ2) is 18.9. The van der Waals surface area contributed by atoms with Crippen LogP contribution in [0, 0.1) is 0 Å². The molecule has 59 heavy (non-hydrogen) atoms. The number of carboxylic acid groups (broad SMARTS) is 1. The number of alkyl halides is 3. The molecule has 4 atom stereocenters. The van der Waals surface area contributed by atoms with E-state index in [1.807, 2.05) is 42.5 Å². The first kappa shape index (κ1) is 41.6. The summed E-state index contributed by atoms with van der Waals surface area (Å²) in [5, 5.41) is 20.6. The number of carbonyl (C=O) groups is 5. The molecule has 4 aromatic carbocycles. The quantitative estimate of drug-likeness (QED) is 0.143. The van der Waals surface area contributed by atoms with Gasteiger partial charge in [0.05, 0.1) is 5.56 Å². The molecule has 1 aromatic heterocycles. The molecule has 5 aromatic rings. The van der Waals surface area contributed by atoms with Gasteiger partial charge in [0, 0.05) is 38.1 Å². The molecule has 5 N–H and O–H groups in total. The highest BCUT2D eigenvalue weighted by atomic mass is 19.4. The van der Waals surface area contributed by atoms with Crippen molar-refractivity contribution in [1.29, 1.82) is 0 Å². The Morgan fingerprint density at radius 2 is 1.12 bits per heavy atom. The number of halogens is 3. The Morgan fingerprint density at radius 1 is 0.627 bits per heavy atom. The van der Waals surface area contributed by atoms with Gasteiger partial charge in [0.2, 0.25) is 17.7 Å². The number of amides is 4. The van der Waals surface area contributed by atoms with Gasteiger partial charge in [-0.2, -0.15) is 13.2 Å². The van der Waals surface area contributed by atoms with Crippen molar-refractivity contribution in [2.24, 2.45) is 0 Å². The molecule has 0 saturated heterocycles. The molecule has 2 bridgehead atoms. The van der Waals surface area contributed by atoms with E-state index in [0.717, 1.165) is 35.4 Å². The lowest BCUT2D eigenvalue weighted by molar-refractivity contribution is -0.142. The van der Waals surface area contributed by atoms with E-state index in [-0.39, 0.29) is 37.0 Å². The van der Waals surface area contributed by atoms with Crippen LogP contribution < -0.4 is 26.0 Å². The molecule has 15 heteroatoms. The molecule has 0 saturated carbocycles. The van der Waals surface area contributed by atoms with Crippen molar-refractivity contribution in [1.82, 2.24) is 26.3 Å². The number of hydrogen-bond donors (Lipinski definition) is 5. The van der Waals surface area contributed by atoms with E-state index in [2.05, 4.69) is 26.3 Å². The number of rotatable bonds is 8. The van der Waals surface area contributed by atoms with Gasteiger partial charge in [-0.1, -0.05) is 78.9 Å². The van der Waals surface area contributed by atoms with E-state index in [9.17, 15) is 42.3 Å². The zero-order chi connectivity index (χ0) is 41.9. The zero-order valence-corrected chi connectivity index (χ0v) is 31.4. The van der Waals surface area contributed by atoms with Crippen LogP contribution in [0.1, 0.15) is 27.8 Å². The molecular formula is C44H40F3N5O7. The maximum absolute atomic E-state index is 14.4. The minimum absolute atomic E-state index is 0.00440. The molecule has 0 radical (unpaired) electrons. The summed E-state index contributed by atoms with van der Waals surface area (Å²) in [5.74, 6) is -4.27. The van der Waals surface area contributed by atoms with Crippen LogP contribution >= 0.6 is 0 Å². The highest BCUT2D eigenvalue weighted by Gasteiger charge is 2.33. The predicted molar refractivity (Wildman–Crippen MR) is 210 cm³/mol. The number of fused-ring (bicyclic) bond motifs is 16.